The first-order chi connectivity index (χ1) is 15.7. The van der Waals surface area contributed by atoms with E-state index in [0.717, 1.165) is 25.7 Å². The van der Waals surface area contributed by atoms with E-state index in [0.29, 0.717) is 28.7 Å². The number of fused-ring (bicyclic) bond motifs is 1. The number of carboxylic acids is 1. The molecule has 0 unspecified atom stereocenters. The van der Waals surface area contributed by atoms with Crippen molar-refractivity contribution in [2.75, 3.05) is 12.1 Å². The lowest BCUT2D eigenvalue weighted by molar-refractivity contribution is -0.146. The van der Waals surface area contributed by atoms with Crippen LogP contribution in [0.2, 0.25) is 0 Å². The summed E-state index contributed by atoms with van der Waals surface area (Å²) in [5.41, 5.74) is 1.09. The van der Waals surface area contributed by atoms with E-state index in [-0.39, 0.29) is 24.5 Å². The van der Waals surface area contributed by atoms with Gasteiger partial charge < -0.3 is 25.2 Å². The third-order valence-electron chi connectivity index (χ3n) is 6.34. The fraction of sp³-hybridized carbons (Fsp3) is 0.400. The number of hydrogen-bond donors (Lipinski definition) is 3. The van der Waals surface area contributed by atoms with Gasteiger partial charge in [-0.25, -0.2) is 4.79 Å². The third kappa shape index (κ3) is 5.10. The Labute approximate surface area is 192 Å². The summed E-state index contributed by atoms with van der Waals surface area (Å²) in [4.78, 5) is 36.3. The van der Waals surface area contributed by atoms with Crippen molar-refractivity contribution in [3.63, 3.8) is 0 Å². The van der Waals surface area contributed by atoms with Gasteiger partial charge in [-0.2, -0.15) is 0 Å². The molecule has 2 aromatic rings. The molecule has 1 heterocycles. The van der Waals surface area contributed by atoms with E-state index in [2.05, 4.69) is 10.6 Å². The summed E-state index contributed by atoms with van der Waals surface area (Å²) < 4.78 is 10.6. The van der Waals surface area contributed by atoms with Crippen molar-refractivity contribution < 1.29 is 29.0 Å². The smallest absolute Gasteiger partial charge is 0.328 e. The Kier molecular flexibility index (Phi) is 6.26. The van der Waals surface area contributed by atoms with Gasteiger partial charge in [0, 0.05) is 17.2 Å². The van der Waals surface area contributed by atoms with E-state index < -0.39 is 11.5 Å². The molecule has 174 valence electrons. The Morgan fingerprint density at radius 2 is 1.61 bits per heavy atom. The minimum absolute atomic E-state index is 0.161. The van der Waals surface area contributed by atoms with Crippen LogP contribution in [0.25, 0.3) is 0 Å². The zero-order valence-corrected chi connectivity index (χ0v) is 18.7. The molecule has 1 saturated carbocycles. The fourth-order valence-electron chi connectivity index (χ4n) is 4.23. The number of carboxylic acid groups (broad SMARTS) is 1. The Morgan fingerprint density at radius 3 is 2.27 bits per heavy atom. The normalized spacial score (nSPS) is 19.6. The number of nitrogens with one attached hydrogen (secondary N) is 2. The van der Waals surface area contributed by atoms with Crippen LogP contribution in [0.1, 0.15) is 61.4 Å². The topological polar surface area (TPSA) is 114 Å². The van der Waals surface area contributed by atoms with E-state index in [9.17, 15) is 19.5 Å². The second kappa shape index (κ2) is 9.13. The molecule has 0 radical (unpaired) electrons. The summed E-state index contributed by atoms with van der Waals surface area (Å²) in [6, 6.07) is 12.9. The van der Waals surface area contributed by atoms with Crippen LogP contribution < -0.4 is 20.1 Å². The van der Waals surface area contributed by atoms with Crippen molar-refractivity contribution in [1.29, 1.82) is 0 Å². The number of aliphatic carboxylic acids is 1. The lowest BCUT2D eigenvalue weighted by atomic mass is 9.78. The predicted molar refractivity (Wildman–Crippen MR) is 122 cm³/mol. The summed E-state index contributed by atoms with van der Waals surface area (Å²) in [5.74, 6) is -0.0997. The highest BCUT2D eigenvalue weighted by Gasteiger charge is 2.33. The molecule has 4 rings (SSSR count). The van der Waals surface area contributed by atoms with Gasteiger partial charge in [-0.05, 0) is 81.3 Å². The number of ether oxygens (including phenoxy) is 2. The minimum Gasteiger partial charge on any atom is -0.480 e. The van der Waals surface area contributed by atoms with Crippen LogP contribution in [-0.2, 0) is 9.59 Å². The highest BCUT2D eigenvalue weighted by atomic mass is 16.7. The van der Waals surface area contributed by atoms with Gasteiger partial charge in [-0.15, -0.1) is 0 Å². The molecule has 8 heteroatoms. The number of carbonyl (C=O) groups is 3. The maximum absolute atomic E-state index is 12.6. The Balaban J connectivity index is 1.30. The number of carbonyl (C=O) groups excluding carboxylic acids is 2. The molecule has 0 atom stereocenters. The van der Waals surface area contributed by atoms with Gasteiger partial charge in [-0.1, -0.05) is 12.1 Å². The van der Waals surface area contributed by atoms with Gasteiger partial charge in [0.15, 0.2) is 11.5 Å². The van der Waals surface area contributed by atoms with Gasteiger partial charge in [0.2, 0.25) is 12.7 Å². The summed E-state index contributed by atoms with van der Waals surface area (Å²) >= 11 is 0. The van der Waals surface area contributed by atoms with E-state index in [1.165, 1.54) is 19.4 Å². The van der Waals surface area contributed by atoms with Crippen molar-refractivity contribution in [2.24, 2.45) is 5.92 Å². The largest absolute Gasteiger partial charge is 0.480 e. The zero-order chi connectivity index (χ0) is 23.6. The summed E-state index contributed by atoms with van der Waals surface area (Å²) in [5, 5.41) is 14.7. The van der Waals surface area contributed by atoms with Crippen molar-refractivity contribution >= 4 is 23.5 Å². The molecule has 0 bridgehead atoms. The molecule has 1 fully saturated rings. The molecule has 2 aromatic carbocycles. The molecule has 2 amide bonds. The average Bonchev–Trinajstić information content (AvgIpc) is 3.27. The molecular formula is C25H28N2O6. The number of rotatable bonds is 6. The van der Waals surface area contributed by atoms with Crippen molar-refractivity contribution in [2.45, 2.75) is 51.0 Å². The van der Waals surface area contributed by atoms with Crippen LogP contribution in [0.15, 0.2) is 42.5 Å². The van der Waals surface area contributed by atoms with Gasteiger partial charge in [0.1, 0.15) is 5.54 Å². The van der Waals surface area contributed by atoms with Gasteiger partial charge >= 0.3 is 5.97 Å². The number of hydrogen-bond acceptors (Lipinski definition) is 5. The van der Waals surface area contributed by atoms with Crippen LogP contribution >= 0.6 is 0 Å². The van der Waals surface area contributed by atoms with Crippen molar-refractivity contribution in [3.05, 3.63) is 53.6 Å². The van der Waals surface area contributed by atoms with Gasteiger partial charge in [0.25, 0.3) is 5.91 Å². The highest BCUT2D eigenvalue weighted by Crippen LogP contribution is 2.37. The van der Waals surface area contributed by atoms with E-state index in [1.807, 2.05) is 24.3 Å². The lowest BCUT2D eigenvalue weighted by Gasteiger charge is -2.30. The average molecular weight is 453 g/mol. The Bertz CT molecular complexity index is 1060. The van der Waals surface area contributed by atoms with Crippen LogP contribution in [0.4, 0.5) is 5.69 Å². The monoisotopic (exact) mass is 452 g/mol. The molecule has 0 spiro atoms. The van der Waals surface area contributed by atoms with Gasteiger partial charge in [-0.3, -0.25) is 9.59 Å². The van der Waals surface area contributed by atoms with Crippen LogP contribution in [0.3, 0.4) is 0 Å². The Morgan fingerprint density at radius 1 is 0.939 bits per heavy atom. The quantitative estimate of drug-likeness (QED) is 0.612. The van der Waals surface area contributed by atoms with Crippen LogP contribution in [0.5, 0.6) is 11.5 Å². The second-order valence-corrected chi connectivity index (χ2v) is 9.11. The number of amides is 2. The highest BCUT2D eigenvalue weighted by molar-refractivity contribution is 6.04. The maximum atomic E-state index is 12.6. The fourth-order valence-corrected chi connectivity index (χ4v) is 4.23. The van der Waals surface area contributed by atoms with Crippen molar-refractivity contribution in [1.82, 2.24) is 5.32 Å². The van der Waals surface area contributed by atoms with Crippen molar-refractivity contribution in [3.8, 4) is 11.5 Å². The minimum atomic E-state index is -1.27. The summed E-state index contributed by atoms with van der Waals surface area (Å²) in [6.07, 6.45) is 3.15. The number of anilines is 1. The molecule has 1 aliphatic carbocycles. The molecule has 3 N–H and O–H groups in total. The maximum Gasteiger partial charge on any atom is 0.328 e. The number of benzene rings is 2. The molecule has 33 heavy (non-hydrogen) atoms. The van der Waals surface area contributed by atoms with Gasteiger partial charge in [0.05, 0.1) is 0 Å². The second-order valence-electron chi connectivity index (χ2n) is 9.11. The SMILES string of the molecule is CC(C)(NC(=O)[C@H]1CC[C@H](c2ccc(NC(=O)c3ccc4c(c3)OCO4)cc2)CC1)C(=O)O. The predicted octanol–water partition coefficient (Wildman–Crippen LogP) is 3.92. The third-order valence-corrected chi connectivity index (χ3v) is 6.34. The van der Waals surface area contributed by atoms with Crippen LogP contribution in [-0.4, -0.2) is 35.2 Å². The molecular weight excluding hydrogens is 424 g/mol. The standard InChI is InChI=1S/C25H28N2O6/c1-25(2,24(30)31)27-23(29)17-5-3-15(4-6-17)16-7-10-19(11-8-16)26-22(28)18-9-12-20-21(13-18)33-14-32-20/h7-13,15,17H,3-6,14H2,1-2H3,(H,26,28)(H,27,29)(H,30,31)/t15-,17-. The first kappa shape index (κ1) is 22.6. The summed E-state index contributed by atoms with van der Waals surface area (Å²) in [7, 11) is 0. The molecule has 0 saturated heterocycles. The zero-order valence-electron chi connectivity index (χ0n) is 18.7. The first-order valence-electron chi connectivity index (χ1n) is 11.1. The van der Waals surface area contributed by atoms with E-state index >= 15 is 0 Å². The lowest BCUT2D eigenvalue weighted by Crippen LogP contribution is -2.51. The van der Waals surface area contributed by atoms with Crippen LogP contribution in [0, 0.1) is 5.92 Å². The molecule has 0 aromatic heterocycles. The van der Waals surface area contributed by atoms with E-state index in [4.69, 9.17) is 9.47 Å². The molecule has 8 nitrogen and oxygen atoms in total. The Hall–Kier alpha value is -3.55. The molecule has 1 aliphatic heterocycles. The first-order valence-corrected chi connectivity index (χ1v) is 11.1. The van der Waals surface area contributed by atoms with E-state index in [1.54, 1.807) is 18.2 Å². The summed E-state index contributed by atoms with van der Waals surface area (Å²) in [6.45, 7) is 3.15. The molecule has 2 aliphatic rings.